The highest BCUT2D eigenvalue weighted by Crippen LogP contribution is 2.30. The summed E-state index contributed by atoms with van der Waals surface area (Å²) in [6.45, 7) is -0.313. The molecule has 0 spiro atoms. The average molecular weight is 269 g/mol. The van der Waals surface area contributed by atoms with E-state index in [4.69, 9.17) is 0 Å². The molecule has 0 radical (unpaired) electrons. The first-order valence-corrected chi connectivity index (χ1v) is 4.57. The molecule has 2 rings (SSSR count). The third-order valence-electron chi connectivity index (χ3n) is 2.09. The van der Waals surface area contributed by atoms with Gasteiger partial charge in [-0.1, -0.05) is 0 Å². The fourth-order valence-electron chi connectivity index (χ4n) is 1.24. The van der Waals surface area contributed by atoms with E-state index in [-0.39, 0.29) is 13.2 Å². The van der Waals surface area contributed by atoms with Gasteiger partial charge in [-0.25, -0.2) is 18.0 Å². The molecule has 1 amide bonds. The van der Waals surface area contributed by atoms with Crippen molar-refractivity contribution in [2.24, 2.45) is 0 Å². The van der Waals surface area contributed by atoms with Crippen LogP contribution >= 0.6 is 0 Å². The van der Waals surface area contributed by atoms with Gasteiger partial charge in [0.2, 0.25) is 34.8 Å². The van der Waals surface area contributed by atoms with Gasteiger partial charge in [-0.15, -0.1) is 5.06 Å². The van der Waals surface area contributed by atoms with Gasteiger partial charge in [0.05, 0.1) is 6.54 Å². The van der Waals surface area contributed by atoms with E-state index in [9.17, 15) is 26.7 Å². The number of ether oxygens (including phenoxy) is 1. The Morgan fingerprint density at radius 2 is 1.44 bits per heavy atom. The average Bonchev–Trinajstić information content (AvgIpc) is 2.75. The van der Waals surface area contributed by atoms with Gasteiger partial charge >= 0.3 is 6.09 Å². The zero-order chi connectivity index (χ0) is 13.4. The van der Waals surface area contributed by atoms with Gasteiger partial charge in [-0.3, -0.25) is 0 Å². The number of halogens is 5. The predicted octanol–water partition coefficient (Wildman–Crippen LogP) is 2.13. The van der Waals surface area contributed by atoms with Crippen molar-refractivity contribution in [3.63, 3.8) is 0 Å². The van der Waals surface area contributed by atoms with Crippen LogP contribution in [0.2, 0.25) is 0 Å². The summed E-state index contributed by atoms with van der Waals surface area (Å²) in [5.74, 6) is -12.5. The molecule has 1 fully saturated rings. The van der Waals surface area contributed by atoms with E-state index in [1.807, 2.05) is 0 Å². The van der Waals surface area contributed by atoms with Gasteiger partial charge in [0.25, 0.3) is 0 Å². The Kier molecular flexibility index (Phi) is 2.97. The molecule has 1 heterocycles. The first-order chi connectivity index (χ1) is 8.43. The lowest BCUT2D eigenvalue weighted by molar-refractivity contribution is -0.0100. The maximum atomic E-state index is 13.2. The smallest absolute Gasteiger partial charge is 0.443 e. The van der Waals surface area contributed by atoms with Crippen LogP contribution in [0.3, 0.4) is 0 Å². The number of hydrogen-bond acceptors (Lipinski definition) is 3. The number of hydroxylamine groups is 2. The highest BCUT2D eigenvalue weighted by Gasteiger charge is 2.32. The molecular weight excluding hydrogens is 265 g/mol. The van der Waals surface area contributed by atoms with Crippen LogP contribution < -0.4 is 4.84 Å². The molecule has 1 aromatic carbocycles. The minimum absolute atomic E-state index is 0.117. The van der Waals surface area contributed by atoms with E-state index >= 15 is 0 Å². The lowest BCUT2D eigenvalue weighted by Gasteiger charge is -2.15. The SMILES string of the molecule is O=C1OCCN1Oc1c(F)c(F)c(F)c(F)c1F. The molecule has 1 saturated heterocycles. The molecule has 4 nitrogen and oxygen atoms in total. The second kappa shape index (κ2) is 4.31. The Balaban J connectivity index is 2.41. The number of nitrogens with zero attached hydrogens (tertiary/aromatic N) is 1. The third-order valence-corrected chi connectivity index (χ3v) is 2.09. The minimum Gasteiger partial charge on any atom is -0.445 e. The van der Waals surface area contributed by atoms with Crippen molar-refractivity contribution in [3.8, 4) is 5.75 Å². The maximum Gasteiger partial charge on any atom is 0.443 e. The number of benzene rings is 1. The van der Waals surface area contributed by atoms with Gasteiger partial charge in [0.15, 0.2) is 0 Å². The van der Waals surface area contributed by atoms with Crippen molar-refractivity contribution in [2.75, 3.05) is 13.2 Å². The van der Waals surface area contributed by atoms with Crippen molar-refractivity contribution in [2.45, 2.75) is 0 Å². The summed E-state index contributed by atoms with van der Waals surface area (Å²) in [7, 11) is 0. The molecule has 0 unspecified atom stereocenters. The summed E-state index contributed by atoms with van der Waals surface area (Å²) in [6.07, 6.45) is -1.08. The Bertz CT molecular complexity index is 492. The molecule has 98 valence electrons. The highest BCUT2D eigenvalue weighted by atomic mass is 19.2. The molecule has 1 aliphatic rings. The molecule has 0 saturated carbocycles. The van der Waals surface area contributed by atoms with Crippen LogP contribution in [0.1, 0.15) is 0 Å². The monoisotopic (exact) mass is 269 g/mol. The van der Waals surface area contributed by atoms with E-state index in [0.29, 0.717) is 5.06 Å². The highest BCUT2D eigenvalue weighted by molar-refractivity contribution is 5.68. The summed E-state index contributed by atoms with van der Waals surface area (Å²) >= 11 is 0. The number of cyclic esters (lactones) is 1. The van der Waals surface area contributed by atoms with Crippen LogP contribution in [-0.4, -0.2) is 24.3 Å². The quantitative estimate of drug-likeness (QED) is 0.469. The number of rotatable bonds is 2. The zero-order valence-corrected chi connectivity index (χ0v) is 8.48. The van der Waals surface area contributed by atoms with Gasteiger partial charge in [0.1, 0.15) is 6.61 Å². The molecular formula is C9H4F5NO3. The summed E-state index contributed by atoms with van der Waals surface area (Å²) in [5, 5.41) is 0.346. The van der Waals surface area contributed by atoms with Gasteiger partial charge in [-0.05, 0) is 0 Å². The molecule has 1 aliphatic heterocycles. The first kappa shape index (κ1) is 12.4. The topological polar surface area (TPSA) is 38.8 Å². The standard InChI is InChI=1S/C9H4F5NO3/c10-3-4(11)6(13)8(7(14)5(3)12)18-15-1-2-17-9(15)16/h1-2H2. The molecule has 0 aliphatic carbocycles. The Labute approximate surface area is 96.5 Å². The largest absolute Gasteiger partial charge is 0.445 e. The zero-order valence-electron chi connectivity index (χ0n) is 8.48. The van der Waals surface area contributed by atoms with Gasteiger partial charge < -0.3 is 9.57 Å². The summed E-state index contributed by atoms with van der Waals surface area (Å²) in [5.41, 5.74) is 0. The molecule has 0 atom stereocenters. The maximum absolute atomic E-state index is 13.2. The summed E-state index contributed by atoms with van der Waals surface area (Å²) < 4.78 is 69.0. The Morgan fingerprint density at radius 1 is 0.944 bits per heavy atom. The van der Waals surface area contributed by atoms with Crippen molar-refractivity contribution in [1.82, 2.24) is 5.06 Å². The lowest BCUT2D eigenvalue weighted by Crippen LogP contribution is -2.29. The van der Waals surface area contributed by atoms with E-state index in [1.54, 1.807) is 0 Å². The number of hydrogen-bond donors (Lipinski definition) is 0. The van der Waals surface area contributed by atoms with Crippen LogP contribution in [0.25, 0.3) is 0 Å². The van der Waals surface area contributed by atoms with E-state index in [1.165, 1.54) is 0 Å². The van der Waals surface area contributed by atoms with E-state index in [2.05, 4.69) is 9.57 Å². The second-order valence-corrected chi connectivity index (χ2v) is 3.21. The van der Waals surface area contributed by atoms with Crippen LogP contribution in [-0.2, 0) is 4.74 Å². The minimum atomic E-state index is -2.30. The van der Waals surface area contributed by atoms with Gasteiger partial charge in [0, 0.05) is 0 Å². The second-order valence-electron chi connectivity index (χ2n) is 3.21. The van der Waals surface area contributed by atoms with E-state index in [0.717, 1.165) is 0 Å². The number of carbonyl (C=O) groups is 1. The number of amides is 1. The van der Waals surface area contributed by atoms with E-state index < -0.39 is 40.9 Å². The molecule has 0 N–H and O–H groups in total. The Hall–Kier alpha value is -2.06. The van der Waals surface area contributed by atoms with Crippen molar-refractivity contribution >= 4 is 6.09 Å². The van der Waals surface area contributed by atoms with Crippen molar-refractivity contribution < 1.29 is 36.3 Å². The summed E-state index contributed by atoms with van der Waals surface area (Å²) in [4.78, 5) is 15.2. The molecule has 1 aromatic rings. The third kappa shape index (κ3) is 1.81. The van der Waals surface area contributed by atoms with Crippen molar-refractivity contribution in [3.05, 3.63) is 29.1 Å². The normalized spacial score (nSPS) is 14.9. The molecule has 18 heavy (non-hydrogen) atoms. The molecule has 9 heteroatoms. The number of carbonyl (C=O) groups excluding carboxylic acids is 1. The first-order valence-electron chi connectivity index (χ1n) is 4.57. The van der Waals surface area contributed by atoms with Crippen LogP contribution in [0.4, 0.5) is 26.7 Å². The van der Waals surface area contributed by atoms with Crippen LogP contribution in [0.15, 0.2) is 0 Å². The van der Waals surface area contributed by atoms with Gasteiger partial charge in [-0.2, -0.15) is 8.78 Å². The molecule has 0 aromatic heterocycles. The summed E-state index contributed by atoms with van der Waals surface area (Å²) in [6, 6.07) is 0. The predicted molar refractivity (Wildman–Crippen MR) is 44.9 cm³/mol. The van der Waals surface area contributed by atoms with Crippen LogP contribution in [0.5, 0.6) is 5.75 Å². The Morgan fingerprint density at radius 3 is 1.89 bits per heavy atom. The van der Waals surface area contributed by atoms with Crippen LogP contribution in [0, 0.1) is 29.1 Å². The lowest BCUT2D eigenvalue weighted by atomic mass is 10.3. The van der Waals surface area contributed by atoms with Crippen molar-refractivity contribution in [1.29, 1.82) is 0 Å². The fourth-order valence-corrected chi connectivity index (χ4v) is 1.24. The fraction of sp³-hybridized carbons (Fsp3) is 0.222. The molecule has 0 bridgehead atoms.